The minimum Gasteiger partial charge on any atom is -0.348 e. The van der Waals surface area contributed by atoms with Crippen LogP contribution in [-0.4, -0.2) is 33.0 Å². The van der Waals surface area contributed by atoms with Crippen LogP contribution in [0.4, 0.5) is 9.52 Å². The van der Waals surface area contributed by atoms with Gasteiger partial charge in [-0.25, -0.2) is 22.5 Å². The van der Waals surface area contributed by atoms with Crippen LogP contribution in [0.3, 0.4) is 0 Å². The Kier molecular flexibility index (Phi) is 5.39. The van der Waals surface area contributed by atoms with Crippen LogP contribution in [0.15, 0.2) is 28.5 Å². The first kappa shape index (κ1) is 17.6. The second-order valence-corrected chi connectivity index (χ2v) is 8.55. The highest BCUT2D eigenvalue weighted by molar-refractivity contribution is 7.89. The molecule has 1 saturated heterocycles. The lowest BCUT2D eigenvalue weighted by molar-refractivity contribution is 0.557. The third-order valence-corrected chi connectivity index (χ3v) is 6.45. The zero-order chi connectivity index (χ0) is 17.2. The molecule has 3 rings (SSSR count). The second kappa shape index (κ2) is 7.35. The van der Waals surface area contributed by atoms with Crippen molar-refractivity contribution in [2.45, 2.75) is 24.2 Å². The lowest BCUT2D eigenvalue weighted by atomic mass is 10.3. The molecule has 130 valence electrons. The molecule has 1 aromatic carbocycles. The van der Waals surface area contributed by atoms with Crippen molar-refractivity contribution in [2.24, 2.45) is 0 Å². The number of halogens is 2. The summed E-state index contributed by atoms with van der Waals surface area (Å²) in [4.78, 5) is 6.37. The monoisotopic (exact) mass is 389 g/mol. The SMILES string of the molecule is O=S(=O)(NCCc1csc(N2CCCC2)n1)c1ccc(Cl)cc1F. The molecule has 9 heteroatoms. The minimum atomic E-state index is -3.91. The third-order valence-electron chi connectivity index (χ3n) is 3.77. The van der Waals surface area contributed by atoms with E-state index in [0.717, 1.165) is 36.0 Å². The molecule has 2 aromatic rings. The van der Waals surface area contributed by atoms with Crippen LogP contribution in [0.2, 0.25) is 5.02 Å². The number of anilines is 1. The van der Waals surface area contributed by atoms with Gasteiger partial charge in [0.05, 0.1) is 5.69 Å². The summed E-state index contributed by atoms with van der Waals surface area (Å²) in [5.41, 5.74) is 0.834. The number of rotatable bonds is 6. The van der Waals surface area contributed by atoms with Crippen LogP contribution in [0, 0.1) is 5.82 Å². The molecule has 1 aromatic heterocycles. The summed E-state index contributed by atoms with van der Waals surface area (Å²) in [6.07, 6.45) is 2.82. The Hall–Kier alpha value is -1.22. The molecule has 0 unspecified atom stereocenters. The van der Waals surface area contributed by atoms with E-state index < -0.39 is 20.7 Å². The molecule has 0 radical (unpaired) electrons. The van der Waals surface area contributed by atoms with Gasteiger partial charge in [-0.1, -0.05) is 11.6 Å². The van der Waals surface area contributed by atoms with Gasteiger partial charge >= 0.3 is 0 Å². The fraction of sp³-hybridized carbons (Fsp3) is 0.400. The van der Waals surface area contributed by atoms with E-state index in [1.54, 1.807) is 11.3 Å². The maximum absolute atomic E-state index is 13.8. The second-order valence-electron chi connectivity index (χ2n) is 5.54. The molecule has 0 atom stereocenters. The largest absolute Gasteiger partial charge is 0.348 e. The van der Waals surface area contributed by atoms with E-state index in [4.69, 9.17) is 11.6 Å². The number of sulfonamides is 1. The van der Waals surface area contributed by atoms with E-state index in [2.05, 4.69) is 14.6 Å². The number of nitrogens with zero attached hydrogens (tertiary/aromatic N) is 2. The van der Waals surface area contributed by atoms with Crippen LogP contribution >= 0.6 is 22.9 Å². The van der Waals surface area contributed by atoms with Gasteiger partial charge in [-0.05, 0) is 31.0 Å². The quantitative estimate of drug-likeness (QED) is 0.824. The zero-order valence-electron chi connectivity index (χ0n) is 12.8. The molecular weight excluding hydrogens is 373 g/mol. The molecule has 1 aliphatic heterocycles. The first-order valence-corrected chi connectivity index (χ1v) is 10.3. The van der Waals surface area contributed by atoms with Crippen LogP contribution in [-0.2, 0) is 16.4 Å². The molecule has 1 N–H and O–H groups in total. The molecule has 0 spiro atoms. The highest BCUT2D eigenvalue weighted by Crippen LogP contribution is 2.24. The van der Waals surface area contributed by atoms with Crippen molar-refractivity contribution < 1.29 is 12.8 Å². The fourth-order valence-electron chi connectivity index (χ4n) is 2.55. The van der Waals surface area contributed by atoms with E-state index in [0.29, 0.717) is 6.42 Å². The first-order chi connectivity index (χ1) is 11.5. The first-order valence-electron chi connectivity index (χ1n) is 7.60. The molecule has 0 saturated carbocycles. The number of benzene rings is 1. The summed E-state index contributed by atoms with van der Waals surface area (Å²) in [6.45, 7) is 2.21. The van der Waals surface area contributed by atoms with Gasteiger partial charge in [-0.15, -0.1) is 11.3 Å². The van der Waals surface area contributed by atoms with Crippen molar-refractivity contribution >= 4 is 38.1 Å². The Morgan fingerprint density at radius 1 is 1.33 bits per heavy atom. The van der Waals surface area contributed by atoms with Gasteiger partial charge in [-0.2, -0.15) is 0 Å². The highest BCUT2D eigenvalue weighted by Gasteiger charge is 2.19. The maximum Gasteiger partial charge on any atom is 0.243 e. The standard InChI is InChI=1S/C15H17ClFN3O2S2/c16-11-3-4-14(13(17)9-11)24(21,22)18-6-5-12-10-23-15(19-12)20-7-1-2-8-20/h3-4,9-10,18H,1-2,5-8H2. The number of hydrogen-bond donors (Lipinski definition) is 1. The van der Waals surface area contributed by atoms with Crippen LogP contribution < -0.4 is 9.62 Å². The molecule has 0 aliphatic carbocycles. The predicted molar refractivity (Wildman–Crippen MR) is 93.9 cm³/mol. The summed E-state index contributed by atoms with van der Waals surface area (Å²) in [5, 5.41) is 3.07. The molecule has 5 nitrogen and oxygen atoms in total. The van der Waals surface area contributed by atoms with Gasteiger partial charge in [0, 0.05) is 36.5 Å². The third kappa shape index (κ3) is 4.05. The number of aromatic nitrogens is 1. The average molecular weight is 390 g/mol. The smallest absolute Gasteiger partial charge is 0.243 e. The lowest BCUT2D eigenvalue weighted by Crippen LogP contribution is -2.27. The summed E-state index contributed by atoms with van der Waals surface area (Å²) in [6, 6.07) is 3.50. The van der Waals surface area contributed by atoms with Gasteiger partial charge in [0.15, 0.2) is 5.13 Å². The van der Waals surface area contributed by atoms with E-state index >= 15 is 0 Å². The van der Waals surface area contributed by atoms with Gasteiger partial charge in [0.1, 0.15) is 10.7 Å². The summed E-state index contributed by atoms with van der Waals surface area (Å²) < 4.78 is 40.5. The summed E-state index contributed by atoms with van der Waals surface area (Å²) in [5.74, 6) is -0.861. The molecule has 0 bridgehead atoms. The maximum atomic E-state index is 13.8. The van der Waals surface area contributed by atoms with Gasteiger partial charge < -0.3 is 4.90 Å². The minimum absolute atomic E-state index is 0.156. The molecular formula is C15H17ClFN3O2S2. The van der Waals surface area contributed by atoms with Crippen LogP contribution in [0.25, 0.3) is 0 Å². The van der Waals surface area contributed by atoms with E-state index in [-0.39, 0.29) is 11.6 Å². The highest BCUT2D eigenvalue weighted by atomic mass is 35.5. The Morgan fingerprint density at radius 2 is 2.08 bits per heavy atom. The number of thiazole rings is 1. The summed E-state index contributed by atoms with van der Waals surface area (Å²) >= 11 is 7.21. The molecule has 1 aliphatic rings. The Morgan fingerprint density at radius 3 is 2.79 bits per heavy atom. The van der Waals surface area contributed by atoms with Gasteiger partial charge in [0.25, 0.3) is 0 Å². The van der Waals surface area contributed by atoms with E-state index in [1.165, 1.54) is 18.9 Å². The van der Waals surface area contributed by atoms with Crippen molar-refractivity contribution in [3.63, 3.8) is 0 Å². The van der Waals surface area contributed by atoms with E-state index in [9.17, 15) is 12.8 Å². The van der Waals surface area contributed by atoms with Crippen molar-refractivity contribution in [1.29, 1.82) is 0 Å². The Labute approximate surface area is 149 Å². The number of nitrogens with one attached hydrogen (secondary N) is 1. The van der Waals surface area contributed by atoms with Crippen molar-refractivity contribution in [1.82, 2.24) is 9.71 Å². The van der Waals surface area contributed by atoms with Crippen molar-refractivity contribution in [3.8, 4) is 0 Å². The Bertz CT molecular complexity index is 820. The van der Waals surface area contributed by atoms with Crippen molar-refractivity contribution in [3.05, 3.63) is 40.1 Å². The Balaban J connectivity index is 1.59. The average Bonchev–Trinajstić information content (AvgIpc) is 3.17. The van der Waals surface area contributed by atoms with Crippen molar-refractivity contribution in [2.75, 3.05) is 24.5 Å². The fourth-order valence-corrected chi connectivity index (χ4v) is 4.71. The molecule has 0 amide bonds. The van der Waals surface area contributed by atoms with Gasteiger partial charge in [0.2, 0.25) is 10.0 Å². The van der Waals surface area contributed by atoms with Crippen LogP contribution in [0.5, 0.6) is 0 Å². The molecule has 1 fully saturated rings. The van der Waals surface area contributed by atoms with E-state index in [1.807, 2.05) is 5.38 Å². The predicted octanol–water partition coefficient (Wildman–Crippen LogP) is 3.06. The number of hydrogen-bond acceptors (Lipinski definition) is 5. The zero-order valence-corrected chi connectivity index (χ0v) is 15.2. The normalized spacial score (nSPS) is 15.2. The molecule has 24 heavy (non-hydrogen) atoms. The van der Waals surface area contributed by atoms with Gasteiger partial charge in [-0.3, -0.25) is 0 Å². The summed E-state index contributed by atoms with van der Waals surface area (Å²) in [7, 11) is -3.91. The topological polar surface area (TPSA) is 62.3 Å². The van der Waals surface area contributed by atoms with Crippen LogP contribution in [0.1, 0.15) is 18.5 Å². The molecule has 2 heterocycles. The lowest BCUT2D eigenvalue weighted by Gasteiger charge is -2.12.